The first-order chi connectivity index (χ1) is 14.3. The minimum Gasteiger partial charge on any atom is -0.491 e. The number of ether oxygens (including phenoxy) is 2. The summed E-state index contributed by atoms with van der Waals surface area (Å²) in [6.07, 6.45) is 4.96. The van der Waals surface area contributed by atoms with Gasteiger partial charge in [0, 0.05) is 18.4 Å². The number of nitrogens with zero attached hydrogens (tertiary/aromatic N) is 2. The van der Waals surface area contributed by atoms with E-state index in [4.69, 9.17) is 9.47 Å². The fourth-order valence-electron chi connectivity index (χ4n) is 4.12. The molecule has 2 aliphatic heterocycles. The molecule has 29 heavy (non-hydrogen) atoms. The van der Waals surface area contributed by atoms with Gasteiger partial charge in [-0.15, -0.1) is 0 Å². The van der Waals surface area contributed by atoms with Crippen molar-refractivity contribution in [1.82, 2.24) is 15.1 Å². The van der Waals surface area contributed by atoms with Gasteiger partial charge in [-0.05, 0) is 36.6 Å². The van der Waals surface area contributed by atoms with Gasteiger partial charge in [0.2, 0.25) is 5.91 Å². The van der Waals surface area contributed by atoms with E-state index in [1.54, 1.807) is 6.20 Å². The molecule has 0 saturated carbocycles. The summed E-state index contributed by atoms with van der Waals surface area (Å²) in [5, 5.41) is 7.62. The molecule has 6 nitrogen and oxygen atoms in total. The summed E-state index contributed by atoms with van der Waals surface area (Å²) in [4.78, 5) is 13.0. The number of carbonyl (C=O) groups is 1. The first-order valence-corrected chi connectivity index (χ1v) is 10.0. The van der Waals surface area contributed by atoms with Gasteiger partial charge in [-0.3, -0.25) is 4.79 Å². The van der Waals surface area contributed by atoms with Crippen molar-refractivity contribution in [3.63, 3.8) is 0 Å². The summed E-state index contributed by atoms with van der Waals surface area (Å²) in [5.74, 6) is 0.710. The fourth-order valence-corrected chi connectivity index (χ4v) is 4.12. The van der Waals surface area contributed by atoms with E-state index in [1.807, 2.05) is 65.5 Å². The fraction of sp³-hybridized carbons (Fsp3) is 0.304. The molecule has 0 unspecified atom stereocenters. The monoisotopic (exact) mass is 389 g/mol. The zero-order valence-electron chi connectivity index (χ0n) is 16.0. The Hall–Kier alpha value is -3.12. The van der Waals surface area contributed by atoms with E-state index < -0.39 is 0 Å². The number of carbonyl (C=O) groups excluding carboxylic acids is 1. The van der Waals surface area contributed by atoms with Crippen LogP contribution in [-0.2, 0) is 16.0 Å². The molecule has 1 aromatic heterocycles. The minimum atomic E-state index is -0.274. The van der Waals surface area contributed by atoms with Crippen LogP contribution < -0.4 is 10.1 Å². The van der Waals surface area contributed by atoms with Crippen molar-refractivity contribution in [2.45, 2.75) is 25.0 Å². The summed E-state index contributed by atoms with van der Waals surface area (Å²) < 4.78 is 13.5. The molecule has 3 heterocycles. The normalized spacial score (nSPS) is 23.2. The second-order valence-corrected chi connectivity index (χ2v) is 7.57. The highest BCUT2D eigenvalue weighted by Gasteiger charge is 2.37. The van der Waals surface area contributed by atoms with Crippen LogP contribution in [0.4, 0.5) is 0 Å². The molecule has 3 atom stereocenters. The Balaban J connectivity index is 1.27. The zero-order chi connectivity index (χ0) is 19.6. The maximum atomic E-state index is 13.0. The van der Waals surface area contributed by atoms with E-state index in [0.29, 0.717) is 19.6 Å². The highest BCUT2D eigenvalue weighted by atomic mass is 16.5. The van der Waals surface area contributed by atoms with E-state index >= 15 is 0 Å². The highest BCUT2D eigenvalue weighted by Crippen LogP contribution is 2.35. The third kappa shape index (κ3) is 3.63. The predicted molar refractivity (Wildman–Crippen MR) is 108 cm³/mol. The second kappa shape index (κ2) is 7.72. The quantitative estimate of drug-likeness (QED) is 0.745. The first kappa shape index (κ1) is 17.9. The Morgan fingerprint density at radius 2 is 1.93 bits per heavy atom. The molecule has 0 radical (unpaired) electrons. The zero-order valence-corrected chi connectivity index (χ0v) is 16.0. The maximum Gasteiger partial charge on any atom is 0.226 e. The van der Waals surface area contributed by atoms with Crippen LogP contribution in [-0.4, -0.2) is 34.9 Å². The van der Waals surface area contributed by atoms with Crippen LogP contribution in [0.1, 0.15) is 23.7 Å². The number of hydrogen-bond acceptors (Lipinski definition) is 4. The van der Waals surface area contributed by atoms with Crippen LogP contribution in [0.5, 0.6) is 5.75 Å². The van der Waals surface area contributed by atoms with Gasteiger partial charge < -0.3 is 14.8 Å². The Morgan fingerprint density at radius 3 is 2.83 bits per heavy atom. The largest absolute Gasteiger partial charge is 0.491 e. The van der Waals surface area contributed by atoms with Gasteiger partial charge in [-0.2, -0.15) is 5.10 Å². The number of benzene rings is 2. The Kier molecular flexibility index (Phi) is 4.77. The Labute approximate surface area is 169 Å². The molecule has 2 aliphatic rings. The van der Waals surface area contributed by atoms with Gasteiger partial charge in [0.1, 0.15) is 12.4 Å². The molecule has 3 aromatic rings. The van der Waals surface area contributed by atoms with Crippen molar-refractivity contribution in [3.05, 3.63) is 78.1 Å². The minimum absolute atomic E-state index is 0.0212. The van der Waals surface area contributed by atoms with Crippen LogP contribution in [0.15, 0.2) is 67.0 Å². The van der Waals surface area contributed by atoms with Gasteiger partial charge in [-0.25, -0.2) is 4.68 Å². The van der Waals surface area contributed by atoms with E-state index in [9.17, 15) is 4.79 Å². The summed E-state index contributed by atoms with van der Waals surface area (Å²) in [6.45, 7) is 1.07. The van der Waals surface area contributed by atoms with Gasteiger partial charge in [0.05, 0.1) is 29.9 Å². The Bertz CT molecular complexity index is 1000. The summed E-state index contributed by atoms with van der Waals surface area (Å²) in [6, 6.07) is 17.9. The summed E-state index contributed by atoms with van der Waals surface area (Å²) >= 11 is 0. The predicted octanol–water partition coefficient (Wildman–Crippen LogP) is 3.07. The summed E-state index contributed by atoms with van der Waals surface area (Å²) in [5.41, 5.74) is 3.04. The highest BCUT2D eigenvalue weighted by molar-refractivity contribution is 5.80. The first-order valence-electron chi connectivity index (χ1n) is 10.0. The molecule has 148 valence electrons. The van der Waals surface area contributed by atoms with Crippen LogP contribution in [0.25, 0.3) is 5.69 Å². The van der Waals surface area contributed by atoms with Gasteiger partial charge in [0.25, 0.3) is 0 Å². The number of amides is 1. The maximum absolute atomic E-state index is 13.0. The molecule has 5 rings (SSSR count). The van der Waals surface area contributed by atoms with E-state index in [-0.39, 0.29) is 24.0 Å². The molecule has 0 aliphatic carbocycles. The van der Waals surface area contributed by atoms with Gasteiger partial charge in [-0.1, -0.05) is 36.4 Å². The van der Waals surface area contributed by atoms with Crippen molar-refractivity contribution < 1.29 is 14.3 Å². The topological polar surface area (TPSA) is 65.4 Å². The van der Waals surface area contributed by atoms with Crippen molar-refractivity contribution in [2.24, 2.45) is 5.92 Å². The summed E-state index contributed by atoms with van der Waals surface area (Å²) in [7, 11) is 0. The molecule has 1 fully saturated rings. The molecule has 1 N–H and O–H groups in total. The molecule has 0 bridgehead atoms. The standard InChI is InChI=1S/C23H23N3O3/c27-23(25-18-12-16-6-4-5-9-21(16)29-15-18)20-10-11-28-22(20)17-13-24-26(14-17)19-7-2-1-3-8-19/h1-9,13-14,18,20,22H,10-12,15H2,(H,25,27)/t18-,20-,22+/m0/s1. The van der Waals surface area contributed by atoms with E-state index in [2.05, 4.69) is 10.4 Å². The van der Waals surface area contributed by atoms with Gasteiger partial charge >= 0.3 is 0 Å². The van der Waals surface area contributed by atoms with Crippen LogP contribution in [0.2, 0.25) is 0 Å². The van der Waals surface area contributed by atoms with Crippen molar-refractivity contribution in [1.29, 1.82) is 0 Å². The van der Waals surface area contributed by atoms with Crippen molar-refractivity contribution >= 4 is 5.91 Å². The number of nitrogens with one attached hydrogen (secondary N) is 1. The van der Waals surface area contributed by atoms with Crippen LogP contribution in [0, 0.1) is 5.92 Å². The Morgan fingerprint density at radius 1 is 1.10 bits per heavy atom. The molecular weight excluding hydrogens is 366 g/mol. The average molecular weight is 389 g/mol. The lowest BCUT2D eigenvalue weighted by Crippen LogP contribution is -2.45. The lowest BCUT2D eigenvalue weighted by molar-refractivity contribution is -0.127. The SMILES string of the molecule is O=C(N[C@@H]1COc2ccccc2C1)[C@H]1CCO[C@@H]1c1cnn(-c2ccccc2)c1. The van der Waals surface area contributed by atoms with Gasteiger partial charge in [0.15, 0.2) is 0 Å². The molecule has 0 spiro atoms. The number of hydrogen-bond donors (Lipinski definition) is 1. The lowest BCUT2D eigenvalue weighted by atomic mass is 9.95. The number of fused-ring (bicyclic) bond motifs is 1. The smallest absolute Gasteiger partial charge is 0.226 e. The van der Waals surface area contributed by atoms with Crippen LogP contribution in [0.3, 0.4) is 0 Å². The van der Waals surface area contributed by atoms with E-state index in [0.717, 1.165) is 29.0 Å². The number of rotatable bonds is 4. The molecule has 2 aromatic carbocycles. The molecular formula is C23H23N3O3. The van der Waals surface area contributed by atoms with Crippen LogP contribution >= 0.6 is 0 Å². The number of para-hydroxylation sites is 2. The molecule has 1 saturated heterocycles. The lowest BCUT2D eigenvalue weighted by Gasteiger charge is -2.27. The third-order valence-electron chi connectivity index (χ3n) is 5.61. The second-order valence-electron chi connectivity index (χ2n) is 7.57. The average Bonchev–Trinajstić information content (AvgIpc) is 3.44. The van der Waals surface area contributed by atoms with Crippen molar-refractivity contribution in [2.75, 3.05) is 13.2 Å². The number of aromatic nitrogens is 2. The molecule has 6 heteroatoms. The third-order valence-corrected chi connectivity index (χ3v) is 5.61. The van der Waals surface area contributed by atoms with Crippen molar-refractivity contribution in [3.8, 4) is 11.4 Å². The van der Waals surface area contributed by atoms with E-state index in [1.165, 1.54) is 0 Å². The molecule has 1 amide bonds.